The molecule has 3 rings (SSSR count). The summed E-state index contributed by atoms with van der Waals surface area (Å²) in [5.74, 6) is -1.58. The van der Waals surface area contributed by atoms with E-state index in [0.717, 1.165) is 10.5 Å². The van der Waals surface area contributed by atoms with Crippen LogP contribution in [0.25, 0.3) is 0 Å². The molecule has 2 aromatic carbocycles. The number of nitrogens with one attached hydrogen (secondary N) is 1. The molecule has 2 aromatic rings. The number of carbonyl (C=O) groups excluding carboxylic acids is 3. The van der Waals surface area contributed by atoms with Crippen LogP contribution in [0.2, 0.25) is 0 Å². The first kappa shape index (κ1) is 17.3. The maximum atomic E-state index is 13.1. The van der Waals surface area contributed by atoms with Crippen LogP contribution in [-0.2, 0) is 4.79 Å². The van der Waals surface area contributed by atoms with Crippen LogP contribution in [0.3, 0.4) is 0 Å². The Kier molecular flexibility index (Phi) is 4.67. The highest BCUT2D eigenvalue weighted by molar-refractivity contribution is 9.10. The molecule has 0 saturated carbocycles. The minimum absolute atomic E-state index is 0.0178. The summed E-state index contributed by atoms with van der Waals surface area (Å²) < 4.78 is 13.5. The number of benzene rings is 2. The molecule has 0 radical (unpaired) electrons. The minimum atomic E-state index is -0.425. The third kappa shape index (κ3) is 3.46. The van der Waals surface area contributed by atoms with Crippen molar-refractivity contribution < 1.29 is 18.8 Å². The number of rotatable bonds is 4. The first-order valence-electron chi connectivity index (χ1n) is 7.58. The van der Waals surface area contributed by atoms with Gasteiger partial charge >= 0.3 is 0 Å². The van der Waals surface area contributed by atoms with Crippen molar-refractivity contribution in [2.45, 2.75) is 13.3 Å². The Bertz CT molecular complexity index is 898. The smallest absolute Gasteiger partial charge is 0.261 e. The van der Waals surface area contributed by atoms with Crippen LogP contribution in [-0.4, -0.2) is 29.2 Å². The highest BCUT2D eigenvalue weighted by Crippen LogP contribution is 2.25. The summed E-state index contributed by atoms with van der Waals surface area (Å²) in [5.41, 5.74) is 2.04. The summed E-state index contributed by atoms with van der Waals surface area (Å²) >= 11 is 3.16. The number of nitrogens with zero attached hydrogens (tertiary/aromatic N) is 1. The van der Waals surface area contributed by atoms with Gasteiger partial charge in [0.1, 0.15) is 5.82 Å². The minimum Gasteiger partial charge on any atom is -0.325 e. The number of hydrogen-bond acceptors (Lipinski definition) is 3. The molecule has 1 aliphatic rings. The van der Waals surface area contributed by atoms with Crippen LogP contribution in [0.5, 0.6) is 0 Å². The Labute approximate surface area is 151 Å². The molecular formula is C18H14BrFN2O3. The zero-order chi connectivity index (χ0) is 18.1. The molecule has 0 bridgehead atoms. The van der Waals surface area contributed by atoms with Crippen molar-refractivity contribution in [3.8, 4) is 0 Å². The van der Waals surface area contributed by atoms with Gasteiger partial charge < -0.3 is 5.32 Å². The van der Waals surface area contributed by atoms with Gasteiger partial charge in [-0.3, -0.25) is 19.3 Å². The van der Waals surface area contributed by atoms with Gasteiger partial charge in [0.2, 0.25) is 5.91 Å². The lowest BCUT2D eigenvalue weighted by Crippen LogP contribution is -2.32. The van der Waals surface area contributed by atoms with Crippen LogP contribution < -0.4 is 5.32 Å². The molecule has 0 fully saturated rings. The SMILES string of the molecule is Cc1ccc2c(c1)C(=O)N(CCC(=O)Nc1ccc(F)cc1Br)C2=O. The summed E-state index contributed by atoms with van der Waals surface area (Å²) in [6.07, 6.45) is -0.0474. The molecule has 0 aromatic heterocycles. The van der Waals surface area contributed by atoms with Crippen LogP contribution in [0.4, 0.5) is 10.1 Å². The molecule has 3 amide bonds. The first-order chi connectivity index (χ1) is 11.9. The largest absolute Gasteiger partial charge is 0.325 e. The zero-order valence-corrected chi connectivity index (χ0v) is 14.9. The molecule has 0 spiro atoms. The Morgan fingerprint density at radius 2 is 1.84 bits per heavy atom. The predicted molar refractivity (Wildman–Crippen MR) is 93.9 cm³/mol. The van der Waals surface area contributed by atoms with E-state index >= 15 is 0 Å². The number of aryl methyl sites for hydroxylation is 1. The van der Waals surface area contributed by atoms with Gasteiger partial charge in [-0.15, -0.1) is 0 Å². The fourth-order valence-corrected chi connectivity index (χ4v) is 3.07. The number of halogens is 2. The molecule has 0 saturated heterocycles. The summed E-state index contributed by atoms with van der Waals surface area (Å²) in [6.45, 7) is 1.82. The molecule has 0 aliphatic carbocycles. The Morgan fingerprint density at radius 3 is 2.56 bits per heavy atom. The topological polar surface area (TPSA) is 66.5 Å². The maximum absolute atomic E-state index is 13.1. The third-order valence-electron chi connectivity index (χ3n) is 3.89. The van der Waals surface area contributed by atoms with E-state index in [1.54, 1.807) is 18.2 Å². The average molecular weight is 405 g/mol. The quantitative estimate of drug-likeness (QED) is 0.792. The zero-order valence-electron chi connectivity index (χ0n) is 13.3. The van der Waals surface area contributed by atoms with E-state index in [4.69, 9.17) is 0 Å². The van der Waals surface area contributed by atoms with Crippen molar-refractivity contribution in [2.75, 3.05) is 11.9 Å². The monoisotopic (exact) mass is 404 g/mol. The van der Waals surface area contributed by atoms with Crippen LogP contribution in [0, 0.1) is 12.7 Å². The van der Waals surface area contributed by atoms with Crippen molar-refractivity contribution in [1.29, 1.82) is 0 Å². The standard InChI is InChI=1S/C18H14BrFN2O3/c1-10-2-4-12-13(8-10)18(25)22(17(12)24)7-6-16(23)21-15-5-3-11(20)9-14(15)19/h2-5,8-9H,6-7H2,1H3,(H,21,23). The highest BCUT2D eigenvalue weighted by atomic mass is 79.9. The fourth-order valence-electron chi connectivity index (χ4n) is 2.62. The molecule has 0 unspecified atom stereocenters. The van der Waals surface area contributed by atoms with Crippen LogP contribution in [0.15, 0.2) is 40.9 Å². The Balaban J connectivity index is 1.65. The number of amides is 3. The van der Waals surface area contributed by atoms with E-state index in [0.29, 0.717) is 21.3 Å². The van der Waals surface area contributed by atoms with Gasteiger partial charge in [0.05, 0.1) is 16.8 Å². The van der Waals surface area contributed by atoms with Crippen molar-refractivity contribution in [3.05, 3.63) is 63.4 Å². The van der Waals surface area contributed by atoms with Gasteiger partial charge in [0, 0.05) is 17.4 Å². The fraction of sp³-hybridized carbons (Fsp3) is 0.167. The lowest BCUT2D eigenvalue weighted by molar-refractivity contribution is -0.116. The van der Waals surface area contributed by atoms with Crippen LogP contribution in [0.1, 0.15) is 32.7 Å². The van der Waals surface area contributed by atoms with Crippen LogP contribution >= 0.6 is 15.9 Å². The molecule has 25 heavy (non-hydrogen) atoms. The van der Waals surface area contributed by atoms with E-state index in [1.807, 2.05) is 6.92 Å². The summed E-state index contributed by atoms with van der Waals surface area (Å²) in [6, 6.07) is 8.97. The molecule has 128 valence electrons. The lowest BCUT2D eigenvalue weighted by atomic mass is 10.1. The maximum Gasteiger partial charge on any atom is 0.261 e. The third-order valence-corrected chi connectivity index (χ3v) is 4.55. The second kappa shape index (κ2) is 6.76. The van der Waals surface area contributed by atoms with Crippen molar-refractivity contribution >= 4 is 39.3 Å². The number of anilines is 1. The van der Waals surface area contributed by atoms with Gasteiger partial charge in [0.15, 0.2) is 0 Å². The van der Waals surface area contributed by atoms with Crippen molar-refractivity contribution in [1.82, 2.24) is 4.90 Å². The number of imide groups is 1. The molecule has 1 N–H and O–H groups in total. The molecule has 1 aliphatic heterocycles. The molecular weight excluding hydrogens is 391 g/mol. The van der Waals surface area contributed by atoms with E-state index in [2.05, 4.69) is 21.2 Å². The van der Waals surface area contributed by atoms with Gasteiger partial charge in [-0.1, -0.05) is 11.6 Å². The predicted octanol–water partition coefficient (Wildman–Crippen LogP) is 3.52. The van der Waals surface area contributed by atoms with Crippen molar-refractivity contribution in [2.24, 2.45) is 0 Å². The molecule has 7 heteroatoms. The normalized spacial score (nSPS) is 13.2. The Hall–Kier alpha value is -2.54. The lowest BCUT2D eigenvalue weighted by Gasteiger charge is -2.14. The van der Waals surface area contributed by atoms with E-state index in [1.165, 1.54) is 18.2 Å². The van der Waals surface area contributed by atoms with Gasteiger partial charge in [-0.05, 0) is 53.2 Å². The number of carbonyl (C=O) groups is 3. The van der Waals surface area contributed by atoms with E-state index in [9.17, 15) is 18.8 Å². The van der Waals surface area contributed by atoms with E-state index in [-0.39, 0.29) is 24.8 Å². The molecule has 5 nitrogen and oxygen atoms in total. The number of hydrogen-bond donors (Lipinski definition) is 1. The van der Waals surface area contributed by atoms with Gasteiger partial charge in [-0.2, -0.15) is 0 Å². The molecule has 1 heterocycles. The van der Waals surface area contributed by atoms with Gasteiger partial charge in [0.25, 0.3) is 11.8 Å². The first-order valence-corrected chi connectivity index (χ1v) is 8.38. The Morgan fingerprint density at radius 1 is 1.12 bits per heavy atom. The van der Waals surface area contributed by atoms with Gasteiger partial charge in [-0.25, -0.2) is 4.39 Å². The van der Waals surface area contributed by atoms with Crippen molar-refractivity contribution in [3.63, 3.8) is 0 Å². The van der Waals surface area contributed by atoms with E-state index < -0.39 is 11.7 Å². The summed E-state index contributed by atoms with van der Waals surface area (Å²) in [4.78, 5) is 37.8. The summed E-state index contributed by atoms with van der Waals surface area (Å²) in [5, 5.41) is 2.62. The molecule has 0 atom stereocenters. The second-order valence-electron chi connectivity index (χ2n) is 5.73. The summed E-state index contributed by atoms with van der Waals surface area (Å²) in [7, 11) is 0. The number of fused-ring (bicyclic) bond motifs is 1. The second-order valence-corrected chi connectivity index (χ2v) is 6.59. The average Bonchev–Trinajstić information content (AvgIpc) is 2.79. The highest BCUT2D eigenvalue weighted by Gasteiger charge is 2.35.